The second kappa shape index (κ2) is 9.99. The maximum Gasteiger partial charge on any atom is 0.237 e. The molecule has 0 fully saturated rings. The van der Waals surface area contributed by atoms with E-state index in [1.807, 2.05) is 66.1 Å². The van der Waals surface area contributed by atoms with Crippen LogP contribution in [0.25, 0.3) is 17.1 Å². The third-order valence-corrected chi connectivity index (χ3v) is 7.28. The minimum Gasteiger partial charge on any atom is -0.324 e. The van der Waals surface area contributed by atoms with Crippen LogP contribution in [-0.4, -0.2) is 38.4 Å². The summed E-state index contributed by atoms with van der Waals surface area (Å²) in [5.74, 6) is 0.689. The van der Waals surface area contributed by atoms with E-state index in [4.69, 9.17) is 0 Å². The molecule has 7 nitrogen and oxygen atoms in total. The Morgan fingerprint density at radius 3 is 2.53 bits per heavy atom. The molecule has 5 rings (SSSR count). The minimum absolute atomic E-state index is 0.0904. The van der Waals surface area contributed by atoms with Gasteiger partial charge in [-0.3, -0.25) is 14.2 Å². The zero-order chi connectivity index (χ0) is 25.2. The van der Waals surface area contributed by atoms with Gasteiger partial charge < -0.3 is 10.2 Å². The number of hydrogen-bond acceptors (Lipinski definition) is 5. The lowest BCUT2D eigenvalue weighted by Gasteiger charge is -2.27. The summed E-state index contributed by atoms with van der Waals surface area (Å²) in [5, 5.41) is 12.5. The lowest BCUT2D eigenvalue weighted by atomic mass is 10.1. The molecule has 1 aliphatic rings. The Bertz CT molecular complexity index is 1430. The van der Waals surface area contributed by atoms with Gasteiger partial charge >= 0.3 is 0 Å². The monoisotopic (exact) mass is 497 g/mol. The number of amides is 2. The summed E-state index contributed by atoms with van der Waals surface area (Å²) in [6, 6.07) is 23.3. The van der Waals surface area contributed by atoms with E-state index in [2.05, 4.69) is 47.6 Å². The fourth-order valence-corrected chi connectivity index (χ4v) is 5.21. The molecule has 1 N–H and O–H groups in total. The molecule has 2 heterocycles. The van der Waals surface area contributed by atoms with E-state index in [0.717, 1.165) is 17.1 Å². The fourth-order valence-electron chi connectivity index (χ4n) is 4.40. The topological polar surface area (TPSA) is 80.1 Å². The van der Waals surface area contributed by atoms with Crippen molar-refractivity contribution in [1.29, 1.82) is 0 Å². The Kier molecular flexibility index (Phi) is 6.61. The number of carbonyl (C=O) groups excluding carboxylic acids is 2. The van der Waals surface area contributed by atoms with E-state index in [0.29, 0.717) is 16.5 Å². The summed E-state index contributed by atoms with van der Waals surface area (Å²) in [4.78, 5) is 27.6. The highest BCUT2D eigenvalue weighted by Gasteiger charge is 2.30. The Morgan fingerprint density at radius 2 is 1.75 bits per heavy atom. The van der Waals surface area contributed by atoms with Crippen LogP contribution >= 0.6 is 11.8 Å². The number of thioether (sulfide) groups is 1. The third-order valence-electron chi connectivity index (χ3n) is 6.37. The van der Waals surface area contributed by atoms with Gasteiger partial charge in [-0.2, -0.15) is 0 Å². The largest absolute Gasteiger partial charge is 0.324 e. The molecule has 0 bridgehead atoms. The lowest BCUT2D eigenvalue weighted by Crippen LogP contribution is -2.40. The average molecular weight is 498 g/mol. The van der Waals surface area contributed by atoms with Gasteiger partial charge in [-0.05, 0) is 56.2 Å². The van der Waals surface area contributed by atoms with Crippen molar-refractivity contribution in [3.05, 3.63) is 83.9 Å². The number of aryl methyl sites for hydroxylation is 2. The zero-order valence-corrected chi connectivity index (χ0v) is 21.2. The summed E-state index contributed by atoms with van der Waals surface area (Å²) in [5.41, 5.74) is 5.62. The molecule has 0 spiro atoms. The maximum atomic E-state index is 13.5. The normalized spacial score (nSPS) is 15.2. The number of benzene rings is 3. The van der Waals surface area contributed by atoms with Crippen LogP contribution in [-0.2, 0) is 9.59 Å². The van der Waals surface area contributed by atoms with Gasteiger partial charge in [-0.15, -0.1) is 10.2 Å². The molecule has 0 saturated carbocycles. The molecule has 0 saturated heterocycles. The SMILES string of the molecule is Cc1ccc(-n2c(SCC(=O)N3c4ccccc4NC(=O)CC3C)nnc2-c2ccccc2)cc1C. The molecule has 0 aliphatic carbocycles. The highest BCUT2D eigenvalue weighted by Crippen LogP contribution is 2.33. The molecule has 182 valence electrons. The van der Waals surface area contributed by atoms with Crippen LogP contribution in [0.3, 0.4) is 0 Å². The van der Waals surface area contributed by atoms with Gasteiger partial charge in [0.15, 0.2) is 11.0 Å². The number of para-hydroxylation sites is 2. The van der Waals surface area contributed by atoms with Crippen LogP contribution in [0.2, 0.25) is 0 Å². The van der Waals surface area contributed by atoms with E-state index >= 15 is 0 Å². The van der Waals surface area contributed by atoms with Crippen molar-refractivity contribution < 1.29 is 9.59 Å². The van der Waals surface area contributed by atoms with E-state index in [-0.39, 0.29) is 30.0 Å². The summed E-state index contributed by atoms with van der Waals surface area (Å²) >= 11 is 1.35. The molecule has 3 aromatic carbocycles. The van der Waals surface area contributed by atoms with Crippen molar-refractivity contribution in [2.75, 3.05) is 16.0 Å². The van der Waals surface area contributed by atoms with Crippen molar-refractivity contribution in [2.24, 2.45) is 0 Å². The molecular weight excluding hydrogens is 470 g/mol. The first kappa shape index (κ1) is 23.8. The van der Waals surface area contributed by atoms with Crippen LogP contribution in [0.4, 0.5) is 11.4 Å². The van der Waals surface area contributed by atoms with Crippen molar-refractivity contribution >= 4 is 35.0 Å². The van der Waals surface area contributed by atoms with Crippen LogP contribution in [0.5, 0.6) is 0 Å². The number of fused-ring (bicyclic) bond motifs is 1. The van der Waals surface area contributed by atoms with Crippen molar-refractivity contribution in [3.63, 3.8) is 0 Å². The van der Waals surface area contributed by atoms with E-state index in [9.17, 15) is 9.59 Å². The van der Waals surface area contributed by atoms with Gasteiger partial charge in [0, 0.05) is 18.0 Å². The Balaban J connectivity index is 1.48. The number of aromatic nitrogens is 3. The smallest absolute Gasteiger partial charge is 0.237 e. The molecule has 2 amide bonds. The molecule has 1 unspecified atom stereocenters. The average Bonchev–Trinajstić information content (AvgIpc) is 3.24. The fraction of sp³-hybridized carbons (Fsp3) is 0.214. The summed E-state index contributed by atoms with van der Waals surface area (Å²) in [7, 11) is 0. The number of rotatable bonds is 5. The summed E-state index contributed by atoms with van der Waals surface area (Å²) in [6.45, 7) is 6.06. The van der Waals surface area contributed by atoms with Gasteiger partial charge in [0.1, 0.15) is 0 Å². The van der Waals surface area contributed by atoms with Crippen molar-refractivity contribution in [2.45, 2.75) is 38.4 Å². The minimum atomic E-state index is -0.265. The van der Waals surface area contributed by atoms with Gasteiger partial charge in [0.2, 0.25) is 11.8 Å². The predicted octanol–water partition coefficient (Wildman–Crippen LogP) is 5.41. The van der Waals surface area contributed by atoms with Gasteiger partial charge in [-0.1, -0.05) is 60.3 Å². The van der Waals surface area contributed by atoms with Crippen LogP contribution in [0, 0.1) is 13.8 Å². The lowest BCUT2D eigenvalue weighted by molar-refractivity contribution is -0.117. The molecule has 1 atom stereocenters. The molecule has 8 heteroatoms. The van der Waals surface area contributed by atoms with Gasteiger partial charge in [-0.25, -0.2) is 0 Å². The summed E-state index contributed by atoms with van der Waals surface area (Å²) < 4.78 is 2.00. The van der Waals surface area contributed by atoms with E-state index < -0.39 is 0 Å². The molecule has 1 aromatic heterocycles. The predicted molar refractivity (Wildman–Crippen MR) is 144 cm³/mol. The summed E-state index contributed by atoms with van der Waals surface area (Å²) in [6.07, 6.45) is 0.238. The first-order valence-corrected chi connectivity index (χ1v) is 12.8. The third kappa shape index (κ3) is 4.64. The highest BCUT2D eigenvalue weighted by molar-refractivity contribution is 7.99. The van der Waals surface area contributed by atoms with Crippen LogP contribution < -0.4 is 10.2 Å². The quantitative estimate of drug-likeness (QED) is 0.373. The molecule has 0 radical (unpaired) electrons. The highest BCUT2D eigenvalue weighted by atomic mass is 32.2. The Labute approximate surface area is 214 Å². The number of anilines is 2. The van der Waals surface area contributed by atoms with Gasteiger partial charge in [0.05, 0.1) is 22.8 Å². The standard InChI is InChI=1S/C28H27N5O2S/c1-18-13-14-22(15-19(18)2)33-27(21-9-5-4-6-10-21)30-31-28(33)36-17-26(35)32-20(3)16-25(34)29-23-11-7-8-12-24(23)32/h4-15,20H,16-17H2,1-3H3,(H,29,34). The van der Waals surface area contributed by atoms with Gasteiger partial charge in [0.25, 0.3) is 0 Å². The number of nitrogens with zero attached hydrogens (tertiary/aromatic N) is 4. The second-order valence-electron chi connectivity index (χ2n) is 8.95. The molecule has 1 aliphatic heterocycles. The second-order valence-corrected chi connectivity index (χ2v) is 9.89. The molecular formula is C28H27N5O2S. The number of carbonyl (C=O) groups is 2. The Hall–Kier alpha value is -3.91. The number of hydrogen-bond donors (Lipinski definition) is 1. The maximum absolute atomic E-state index is 13.5. The molecule has 4 aromatic rings. The first-order valence-electron chi connectivity index (χ1n) is 11.8. The van der Waals surface area contributed by atoms with Crippen molar-refractivity contribution in [3.8, 4) is 17.1 Å². The van der Waals surface area contributed by atoms with E-state index in [1.165, 1.54) is 22.9 Å². The van der Waals surface area contributed by atoms with Crippen molar-refractivity contribution in [1.82, 2.24) is 14.8 Å². The van der Waals surface area contributed by atoms with Crippen LogP contribution in [0.15, 0.2) is 78.0 Å². The zero-order valence-electron chi connectivity index (χ0n) is 20.4. The van der Waals surface area contributed by atoms with Crippen LogP contribution in [0.1, 0.15) is 24.5 Å². The Morgan fingerprint density at radius 1 is 1.00 bits per heavy atom. The molecule has 36 heavy (non-hydrogen) atoms. The van der Waals surface area contributed by atoms with E-state index in [1.54, 1.807) is 4.90 Å². The first-order chi connectivity index (χ1) is 17.4. The number of nitrogens with one attached hydrogen (secondary N) is 1.